The zero-order chi connectivity index (χ0) is 24.2. The quantitative estimate of drug-likeness (QED) is 0.367. The van der Waals surface area contributed by atoms with Gasteiger partial charge < -0.3 is 14.8 Å². The topological polar surface area (TPSA) is 90.3 Å². The summed E-state index contributed by atoms with van der Waals surface area (Å²) in [4.78, 5) is 14.0. The van der Waals surface area contributed by atoms with Crippen molar-refractivity contribution in [3.8, 4) is 17.2 Å². The molecule has 1 heterocycles. The number of hydrogen-bond acceptors (Lipinski definition) is 6. The van der Waals surface area contributed by atoms with Gasteiger partial charge in [0.2, 0.25) is 0 Å². The van der Waals surface area contributed by atoms with E-state index in [9.17, 15) is 4.79 Å². The second-order valence-corrected chi connectivity index (χ2v) is 8.15. The Morgan fingerprint density at radius 3 is 2.44 bits per heavy atom. The molecule has 34 heavy (non-hydrogen) atoms. The first-order valence-electron chi connectivity index (χ1n) is 10.4. The number of rotatable bonds is 6. The van der Waals surface area contributed by atoms with Gasteiger partial charge in [0.1, 0.15) is 22.5 Å². The van der Waals surface area contributed by atoms with E-state index in [1.165, 1.54) is 4.80 Å². The molecule has 0 aliphatic rings. The van der Waals surface area contributed by atoms with E-state index in [1.54, 1.807) is 43.5 Å². The molecule has 0 radical (unpaired) electrons. The largest absolute Gasteiger partial charge is 0.495 e. The Bertz CT molecular complexity index is 1370. The van der Waals surface area contributed by atoms with Crippen molar-refractivity contribution < 1.29 is 14.3 Å². The number of aromatic nitrogens is 3. The highest BCUT2D eigenvalue weighted by molar-refractivity contribution is 7.80. The standard InChI is InChI=1S/C24H22ClN5O3S/c1-4-33-17-8-5-15(6-9-17)23(31)27-24(34)26-19-13-21-20(11-14(19)2)28-30(29-21)16-7-10-22(32-3)18(25)12-16/h5-13H,4H2,1-3H3,(H2,26,27,31,34). The molecular formula is C24H22ClN5O3S. The van der Waals surface area contributed by atoms with Gasteiger partial charge in [0.15, 0.2) is 5.11 Å². The van der Waals surface area contributed by atoms with Crippen LogP contribution < -0.4 is 20.1 Å². The summed E-state index contributed by atoms with van der Waals surface area (Å²) in [5.41, 5.74) is 4.14. The highest BCUT2D eigenvalue weighted by atomic mass is 35.5. The summed E-state index contributed by atoms with van der Waals surface area (Å²) in [6.45, 7) is 4.38. The summed E-state index contributed by atoms with van der Waals surface area (Å²) in [6, 6.07) is 15.9. The van der Waals surface area contributed by atoms with Gasteiger partial charge in [0.25, 0.3) is 5.91 Å². The fraction of sp³-hybridized carbons (Fsp3) is 0.167. The second-order valence-electron chi connectivity index (χ2n) is 7.33. The van der Waals surface area contributed by atoms with Crippen LogP contribution in [0.2, 0.25) is 5.02 Å². The highest BCUT2D eigenvalue weighted by Crippen LogP contribution is 2.27. The molecule has 174 valence electrons. The van der Waals surface area contributed by atoms with Crippen molar-refractivity contribution >= 4 is 51.6 Å². The monoisotopic (exact) mass is 495 g/mol. The van der Waals surface area contributed by atoms with Crippen molar-refractivity contribution in [1.29, 1.82) is 0 Å². The van der Waals surface area contributed by atoms with E-state index >= 15 is 0 Å². The number of amides is 1. The molecular weight excluding hydrogens is 474 g/mol. The normalized spacial score (nSPS) is 10.7. The molecule has 0 saturated heterocycles. The molecule has 3 aromatic carbocycles. The lowest BCUT2D eigenvalue weighted by Gasteiger charge is -2.12. The van der Waals surface area contributed by atoms with Crippen molar-refractivity contribution in [2.45, 2.75) is 13.8 Å². The average Bonchev–Trinajstić information content (AvgIpc) is 3.22. The van der Waals surface area contributed by atoms with Crippen molar-refractivity contribution in [2.75, 3.05) is 19.0 Å². The fourth-order valence-corrected chi connectivity index (χ4v) is 3.75. The number of thiocarbonyl (C=S) groups is 1. The van der Waals surface area contributed by atoms with Crippen molar-refractivity contribution in [1.82, 2.24) is 20.3 Å². The molecule has 8 nitrogen and oxygen atoms in total. The zero-order valence-corrected chi connectivity index (χ0v) is 20.3. The number of anilines is 1. The molecule has 1 amide bonds. The lowest BCUT2D eigenvalue weighted by molar-refractivity contribution is 0.0977. The maximum absolute atomic E-state index is 12.5. The summed E-state index contributed by atoms with van der Waals surface area (Å²) >= 11 is 11.6. The predicted molar refractivity (Wildman–Crippen MR) is 136 cm³/mol. The number of carbonyl (C=O) groups excluding carboxylic acids is 1. The smallest absolute Gasteiger partial charge is 0.257 e. The molecule has 4 aromatic rings. The maximum Gasteiger partial charge on any atom is 0.257 e. The Hall–Kier alpha value is -3.69. The molecule has 1 aromatic heterocycles. The van der Waals surface area contributed by atoms with Crippen LogP contribution in [0, 0.1) is 6.92 Å². The molecule has 0 unspecified atom stereocenters. The number of carbonyl (C=O) groups is 1. The molecule has 0 aliphatic carbocycles. The molecule has 0 saturated carbocycles. The summed E-state index contributed by atoms with van der Waals surface area (Å²) in [5.74, 6) is 0.959. The Kier molecular flexibility index (Phi) is 6.95. The Balaban J connectivity index is 1.49. The number of nitrogens with one attached hydrogen (secondary N) is 2. The lowest BCUT2D eigenvalue weighted by Crippen LogP contribution is -2.34. The van der Waals surface area contributed by atoms with E-state index in [4.69, 9.17) is 33.3 Å². The first-order valence-corrected chi connectivity index (χ1v) is 11.2. The molecule has 0 atom stereocenters. The Morgan fingerprint density at radius 1 is 1.09 bits per heavy atom. The molecule has 0 aliphatic heterocycles. The number of ether oxygens (including phenoxy) is 2. The minimum Gasteiger partial charge on any atom is -0.495 e. The second kappa shape index (κ2) is 10.1. The van der Waals surface area contributed by atoms with E-state index in [0.717, 1.165) is 5.56 Å². The van der Waals surface area contributed by atoms with Gasteiger partial charge in [0.05, 0.1) is 24.4 Å². The highest BCUT2D eigenvalue weighted by Gasteiger charge is 2.13. The van der Waals surface area contributed by atoms with E-state index < -0.39 is 0 Å². The van der Waals surface area contributed by atoms with Crippen LogP contribution in [0.1, 0.15) is 22.8 Å². The van der Waals surface area contributed by atoms with E-state index in [0.29, 0.717) is 51.1 Å². The summed E-state index contributed by atoms with van der Waals surface area (Å²) in [5, 5.41) is 15.5. The lowest BCUT2D eigenvalue weighted by atomic mass is 10.2. The van der Waals surface area contributed by atoms with Gasteiger partial charge in [-0.25, -0.2) is 0 Å². The van der Waals surface area contributed by atoms with Crippen LogP contribution >= 0.6 is 23.8 Å². The van der Waals surface area contributed by atoms with Crippen LogP contribution in [0.25, 0.3) is 16.7 Å². The van der Waals surface area contributed by atoms with Gasteiger partial charge in [-0.15, -0.1) is 10.2 Å². The van der Waals surface area contributed by atoms with Crippen LogP contribution in [0.4, 0.5) is 5.69 Å². The molecule has 2 N–H and O–H groups in total. The first kappa shape index (κ1) is 23.5. The van der Waals surface area contributed by atoms with Gasteiger partial charge in [-0.2, -0.15) is 4.80 Å². The number of aryl methyl sites for hydroxylation is 1. The minimum absolute atomic E-state index is 0.177. The summed E-state index contributed by atoms with van der Waals surface area (Å²) in [6.07, 6.45) is 0. The van der Waals surface area contributed by atoms with Crippen LogP contribution in [0.3, 0.4) is 0 Å². The van der Waals surface area contributed by atoms with Crippen LogP contribution in [-0.2, 0) is 0 Å². The van der Waals surface area contributed by atoms with E-state index in [2.05, 4.69) is 20.8 Å². The predicted octanol–water partition coefficient (Wildman–Crippen LogP) is 4.92. The SMILES string of the molecule is CCOc1ccc(C(=O)NC(=S)Nc2cc3nn(-c4ccc(OC)c(Cl)c4)nc3cc2C)cc1. The molecule has 0 bridgehead atoms. The van der Waals surface area contributed by atoms with Crippen LogP contribution in [-0.4, -0.2) is 39.7 Å². The molecule has 0 fully saturated rings. The number of nitrogens with zero attached hydrogens (tertiary/aromatic N) is 3. The maximum atomic E-state index is 12.5. The number of hydrogen-bond donors (Lipinski definition) is 2. The minimum atomic E-state index is -0.318. The van der Waals surface area contributed by atoms with Crippen molar-refractivity contribution in [2.24, 2.45) is 0 Å². The van der Waals surface area contributed by atoms with Gasteiger partial charge in [-0.1, -0.05) is 11.6 Å². The number of benzene rings is 3. The summed E-state index contributed by atoms with van der Waals surface area (Å²) in [7, 11) is 1.56. The van der Waals surface area contributed by atoms with Gasteiger partial charge in [-0.3, -0.25) is 10.1 Å². The third-order valence-corrected chi connectivity index (χ3v) is 5.50. The average molecular weight is 496 g/mol. The number of halogens is 1. The van der Waals surface area contributed by atoms with Gasteiger partial charge in [0, 0.05) is 11.3 Å². The number of fused-ring (bicyclic) bond motifs is 1. The zero-order valence-electron chi connectivity index (χ0n) is 18.8. The fourth-order valence-electron chi connectivity index (χ4n) is 3.30. The molecule has 4 rings (SSSR count). The van der Waals surface area contributed by atoms with Crippen molar-refractivity contribution in [3.05, 3.63) is 70.7 Å². The number of methoxy groups -OCH3 is 1. The van der Waals surface area contributed by atoms with Gasteiger partial charge in [-0.05, 0) is 86.2 Å². The first-order chi connectivity index (χ1) is 16.4. The van der Waals surface area contributed by atoms with Gasteiger partial charge >= 0.3 is 0 Å². The summed E-state index contributed by atoms with van der Waals surface area (Å²) < 4.78 is 10.6. The van der Waals surface area contributed by atoms with E-state index in [-0.39, 0.29) is 11.0 Å². The van der Waals surface area contributed by atoms with Crippen LogP contribution in [0.5, 0.6) is 11.5 Å². The van der Waals surface area contributed by atoms with E-state index in [1.807, 2.05) is 32.0 Å². The molecule has 0 spiro atoms. The van der Waals surface area contributed by atoms with Crippen molar-refractivity contribution in [3.63, 3.8) is 0 Å². The third kappa shape index (κ3) is 5.11. The van der Waals surface area contributed by atoms with Crippen LogP contribution in [0.15, 0.2) is 54.6 Å². The molecule has 10 heteroatoms. The third-order valence-electron chi connectivity index (χ3n) is 5.00. The Morgan fingerprint density at radius 2 is 1.79 bits per heavy atom. The Labute approximate surface area is 206 Å².